The average molecular weight is 623 g/mol. The summed E-state index contributed by atoms with van der Waals surface area (Å²) in [4.78, 5) is 0. The predicted octanol–water partition coefficient (Wildman–Crippen LogP) is 11.5. The van der Waals surface area contributed by atoms with Gasteiger partial charge in [-0.25, -0.2) is 4.39 Å². The molecule has 0 heterocycles. The van der Waals surface area contributed by atoms with Gasteiger partial charge in [-0.15, -0.1) is 0 Å². The van der Waals surface area contributed by atoms with E-state index in [4.69, 9.17) is 18.9 Å². The maximum atomic E-state index is 16.9. The zero-order valence-electron chi connectivity index (χ0n) is 28.5. The Bertz CT molecular complexity index is 1110. The molecule has 2 unspecified atom stereocenters. The van der Waals surface area contributed by atoms with Crippen molar-refractivity contribution in [2.45, 2.75) is 136 Å². The third-order valence-corrected chi connectivity index (χ3v) is 8.54. The minimum atomic E-state index is -1.63. The lowest BCUT2D eigenvalue weighted by atomic mass is 9.79. The maximum Gasteiger partial charge on any atom is 0.226 e. The zero-order valence-corrected chi connectivity index (χ0v) is 28.5. The lowest BCUT2D eigenvalue weighted by Gasteiger charge is -2.31. The summed E-state index contributed by atoms with van der Waals surface area (Å²) >= 11 is 0. The fraction of sp³-hybridized carbons (Fsp3) is 0.600. The number of alkyl halides is 1. The zero-order chi connectivity index (χ0) is 32.2. The summed E-state index contributed by atoms with van der Waals surface area (Å²) in [6.45, 7) is 10.8. The number of ether oxygens (including phenoxy) is 4. The van der Waals surface area contributed by atoms with E-state index >= 15 is 4.39 Å². The van der Waals surface area contributed by atoms with Crippen molar-refractivity contribution in [1.29, 1.82) is 0 Å². The van der Waals surface area contributed by atoms with Crippen molar-refractivity contribution < 1.29 is 23.3 Å². The van der Waals surface area contributed by atoms with Gasteiger partial charge in [-0.05, 0) is 61.1 Å². The van der Waals surface area contributed by atoms with E-state index in [0.29, 0.717) is 36.7 Å². The first-order valence-electron chi connectivity index (χ1n) is 17.9. The lowest BCUT2D eigenvalue weighted by molar-refractivity contribution is -0.165. The van der Waals surface area contributed by atoms with Gasteiger partial charge in [0.1, 0.15) is 17.6 Å². The van der Waals surface area contributed by atoms with Gasteiger partial charge in [-0.3, -0.25) is 0 Å². The smallest absolute Gasteiger partial charge is 0.226 e. The summed E-state index contributed by atoms with van der Waals surface area (Å²) < 4.78 is 41.6. The molecule has 4 nitrogen and oxygen atoms in total. The van der Waals surface area contributed by atoms with E-state index in [0.717, 1.165) is 62.7 Å². The van der Waals surface area contributed by atoms with Crippen LogP contribution in [0.15, 0.2) is 66.8 Å². The lowest BCUT2D eigenvalue weighted by Crippen LogP contribution is -2.37. The molecule has 0 aromatic heterocycles. The summed E-state index contributed by atoms with van der Waals surface area (Å²) in [6.07, 6.45) is 20.1. The molecule has 0 aliphatic heterocycles. The summed E-state index contributed by atoms with van der Waals surface area (Å²) in [6, 6.07) is 15.3. The molecule has 0 bridgehead atoms. The Balaban J connectivity index is 1.65. The molecule has 0 amide bonds. The van der Waals surface area contributed by atoms with Crippen LogP contribution in [0.1, 0.15) is 129 Å². The molecule has 0 fully saturated rings. The van der Waals surface area contributed by atoms with E-state index in [2.05, 4.69) is 27.7 Å². The summed E-state index contributed by atoms with van der Waals surface area (Å²) in [7, 11) is 0. The molecule has 250 valence electrons. The van der Waals surface area contributed by atoms with Gasteiger partial charge in [0.15, 0.2) is 5.67 Å². The molecule has 0 N–H and O–H groups in total. The number of allylic oxidation sites excluding steroid dienone is 4. The topological polar surface area (TPSA) is 36.9 Å². The number of hydrogen-bond acceptors (Lipinski definition) is 4. The highest BCUT2D eigenvalue weighted by Crippen LogP contribution is 2.45. The minimum Gasteiger partial charge on any atom is -0.494 e. The molecule has 3 rings (SSSR count). The van der Waals surface area contributed by atoms with Crippen LogP contribution in [0.25, 0.3) is 5.57 Å². The molecule has 0 saturated carbocycles. The Morgan fingerprint density at radius 1 is 0.667 bits per heavy atom. The maximum absolute atomic E-state index is 16.9. The van der Waals surface area contributed by atoms with Crippen molar-refractivity contribution in [2.75, 3.05) is 19.8 Å². The Kier molecular flexibility index (Phi) is 17.4. The Morgan fingerprint density at radius 2 is 1.24 bits per heavy atom. The van der Waals surface area contributed by atoms with Crippen LogP contribution in [0.4, 0.5) is 4.39 Å². The van der Waals surface area contributed by atoms with Gasteiger partial charge in [0.25, 0.3) is 0 Å². The van der Waals surface area contributed by atoms with Gasteiger partial charge in [-0.1, -0.05) is 128 Å². The first-order chi connectivity index (χ1) is 22.0. The number of unbranched alkanes of at least 4 members (excludes halogenated alkanes) is 9. The standard InChI is InChI=1S/C40H59FO4/c1-5-9-12-13-14-19-30-42-35-27-23-34(24-28-35)40(41)29-16-15-20-37(40)33-21-25-36(26-22-33)45-39(44-32-18-11-7-3)38(8-4)43-31-17-10-6-2/h15-16,20-28,38-39H,5-14,17-19,29-32H2,1-4H3/t38-,39?,40?/m0/s1. The summed E-state index contributed by atoms with van der Waals surface area (Å²) in [5, 5.41) is 0. The van der Waals surface area contributed by atoms with Gasteiger partial charge in [0.2, 0.25) is 6.29 Å². The first kappa shape index (κ1) is 36.8. The van der Waals surface area contributed by atoms with Crippen molar-refractivity contribution in [3.63, 3.8) is 0 Å². The average Bonchev–Trinajstić information content (AvgIpc) is 3.07. The number of halogens is 1. The Morgan fingerprint density at radius 3 is 1.91 bits per heavy atom. The highest BCUT2D eigenvalue weighted by Gasteiger charge is 2.37. The summed E-state index contributed by atoms with van der Waals surface area (Å²) in [5.41, 5.74) is 0.493. The van der Waals surface area contributed by atoms with Gasteiger partial charge in [-0.2, -0.15) is 0 Å². The van der Waals surface area contributed by atoms with E-state index in [1.165, 1.54) is 32.1 Å². The van der Waals surface area contributed by atoms with E-state index in [9.17, 15) is 0 Å². The van der Waals surface area contributed by atoms with Gasteiger partial charge in [0.05, 0.1) is 13.2 Å². The quantitative estimate of drug-likeness (QED) is 0.0862. The molecule has 45 heavy (non-hydrogen) atoms. The van der Waals surface area contributed by atoms with Crippen LogP contribution in [0.2, 0.25) is 0 Å². The van der Waals surface area contributed by atoms with E-state index in [1.807, 2.05) is 66.8 Å². The fourth-order valence-electron chi connectivity index (χ4n) is 5.71. The molecule has 1 aliphatic carbocycles. The third-order valence-electron chi connectivity index (χ3n) is 8.54. The number of benzene rings is 2. The van der Waals surface area contributed by atoms with Crippen molar-refractivity contribution in [2.24, 2.45) is 0 Å². The van der Waals surface area contributed by atoms with Crippen LogP contribution >= 0.6 is 0 Å². The van der Waals surface area contributed by atoms with Crippen molar-refractivity contribution >= 4 is 5.57 Å². The second kappa shape index (κ2) is 21.2. The van der Waals surface area contributed by atoms with Crippen molar-refractivity contribution in [3.05, 3.63) is 77.9 Å². The molecule has 0 spiro atoms. The monoisotopic (exact) mass is 622 g/mol. The van der Waals surface area contributed by atoms with Crippen LogP contribution in [-0.2, 0) is 15.1 Å². The molecular weight excluding hydrogens is 563 g/mol. The third kappa shape index (κ3) is 12.2. The van der Waals surface area contributed by atoms with Gasteiger partial charge in [0, 0.05) is 18.6 Å². The van der Waals surface area contributed by atoms with E-state index in [1.54, 1.807) is 0 Å². The largest absolute Gasteiger partial charge is 0.494 e. The fourth-order valence-corrected chi connectivity index (χ4v) is 5.71. The molecule has 1 aliphatic rings. The Labute approximate surface area is 273 Å². The van der Waals surface area contributed by atoms with Crippen LogP contribution in [0, 0.1) is 0 Å². The molecule has 0 radical (unpaired) electrons. The minimum absolute atomic E-state index is 0.148. The normalized spacial score (nSPS) is 17.6. The first-order valence-corrected chi connectivity index (χ1v) is 17.9. The van der Waals surface area contributed by atoms with Crippen molar-refractivity contribution in [1.82, 2.24) is 0 Å². The van der Waals surface area contributed by atoms with E-state index < -0.39 is 12.0 Å². The molecule has 5 heteroatoms. The summed E-state index contributed by atoms with van der Waals surface area (Å²) in [5.74, 6) is 1.48. The second-order valence-corrected chi connectivity index (χ2v) is 12.3. The predicted molar refractivity (Wildman–Crippen MR) is 186 cm³/mol. The van der Waals surface area contributed by atoms with Crippen LogP contribution in [-0.4, -0.2) is 32.2 Å². The number of rotatable bonds is 24. The molecule has 0 saturated heterocycles. The molecule has 3 atom stereocenters. The van der Waals surface area contributed by atoms with Crippen LogP contribution < -0.4 is 9.47 Å². The number of hydrogen-bond donors (Lipinski definition) is 0. The Hall–Kier alpha value is -2.63. The second-order valence-electron chi connectivity index (χ2n) is 12.3. The van der Waals surface area contributed by atoms with Gasteiger partial charge < -0.3 is 18.9 Å². The van der Waals surface area contributed by atoms with Crippen LogP contribution in [0.5, 0.6) is 11.5 Å². The molecule has 2 aromatic carbocycles. The highest BCUT2D eigenvalue weighted by atomic mass is 19.1. The highest BCUT2D eigenvalue weighted by molar-refractivity contribution is 5.77. The van der Waals surface area contributed by atoms with Gasteiger partial charge >= 0.3 is 0 Å². The van der Waals surface area contributed by atoms with Crippen LogP contribution in [0.3, 0.4) is 0 Å². The molecule has 2 aromatic rings. The van der Waals surface area contributed by atoms with Crippen molar-refractivity contribution in [3.8, 4) is 11.5 Å². The molecular formula is C40H59FO4. The SMILES string of the molecule is CCCCCCCCOc1ccc(C2(F)CC=CC=C2c2ccc(OC(OCCCCC)[C@H](CC)OCCCCC)cc2)cc1. The van der Waals surface area contributed by atoms with E-state index in [-0.39, 0.29) is 12.5 Å².